The summed E-state index contributed by atoms with van der Waals surface area (Å²) in [5.74, 6) is -1.15. The van der Waals surface area contributed by atoms with E-state index in [-0.39, 0.29) is 6.04 Å². The van der Waals surface area contributed by atoms with Crippen molar-refractivity contribution in [3.8, 4) is 0 Å². The SMILES string of the molecule is CC(Nc1cnc2ccccc2c1)c1cc(F)cc(F)c1. The number of aromatic nitrogens is 1. The van der Waals surface area contributed by atoms with Crippen molar-refractivity contribution in [3.63, 3.8) is 0 Å². The Bertz CT molecular complexity index is 766. The van der Waals surface area contributed by atoms with Crippen LogP contribution in [0.25, 0.3) is 10.9 Å². The van der Waals surface area contributed by atoms with E-state index in [1.165, 1.54) is 12.1 Å². The van der Waals surface area contributed by atoms with Crippen molar-refractivity contribution in [1.82, 2.24) is 4.98 Å². The Morgan fingerprint density at radius 1 is 1.00 bits per heavy atom. The molecule has 0 aliphatic rings. The highest BCUT2D eigenvalue weighted by Gasteiger charge is 2.09. The Morgan fingerprint density at radius 2 is 1.71 bits per heavy atom. The highest BCUT2D eigenvalue weighted by molar-refractivity contribution is 5.81. The minimum Gasteiger partial charge on any atom is -0.377 e. The second kappa shape index (κ2) is 5.48. The van der Waals surface area contributed by atoms with Gasteiger partial charge in [0, 0.05) is 17.5 Å². The minimum atomic E-state index is -0.574. The fourth-order valence-electron chi connectivity index (χ4n) is 2.31. The number of fused-ring (bicyclic) bond motifs is 1. The van der Waals surface area contributed by atoms with E-state index in [1.807, 2.05) is 37.3 Å². The predicted molar refractivity (Wildman–Crippen MR) is 80.1 cm³/mol. The fraction of sp³-hybridized carbons (Fsp3) is 0.118. The van der Waals surface area contributed by atoms with Gasteiger partial charge in [-0.15, -0.1) is 0 Å². The van der Waals surface area contributed by atoms with E-state index >= 15 is 0 Å². The van der Waals surface area contributed by atoms with Crippen molar-refractivity contribution in [2.24, 2.45) is 0 Å². The number of hydrogen-bond acceptors (Lipinski definition) is 2. The van der Waals surface area contributed by atoms with Crippen LogP contribution in [0.1, 0.15) is 18.5 Å². The van der Waals surface area contributed by atoms with Crippen molar-refractivity contribution in [1.29, 1.82) is 0 Å². The number of hydrogen-bond donors (Lipinski definition) is 1. The van der Waals surface area contributed by atoms with Gasteiger partial charge in [0.1, 0.15) is 11.6 Å². The number of nitrogens with one attached hydrogen (secondary N) is 1. The first-order chi connectivity index (χ1) is 10.1. The van der Waals surface area contributed by atoms with E-state index in [4.69, 9.17) is 0 Å². The molecule has 0 radical (unpaired) electrons. The molecular weight excluding hydrogens is 270 g/mol. The molecule has 2 nitrogen and oxygen atoms in total. The van der Waals surface area contributed by atoms with E-state index in [1.54, 1.807) is 6.20 Å². The van der Waals surface area contributed by atoms with Crippen LogP contribution >= 0.6 is 0 Å². The molecule has 3 rings (SSSR count). The number of benzene rings is 2. The maximum absolute atomic E-state index is 13.3. The van der Waals surface area contributed by atoms with Crippen molar-refractivity contribution < 1.29 is 8.78 Å². The molecule has 0 aliphatic carbocycles. The molecule has 106 valence electrons. The molecule has 0 saturated carbocycles. The molecule has 0 fully saturated rings. The monoisotopic (exact) mass is 284 g/mol. The molecule has 1 atom stereocenters. The van der Waals surface area contributed by atoms with Crippen LogP contribution in [-0.2, 0) is 0 Å². The lowest BCUT2D eigenvalue weighted by Crippen LogP contribution is -2.07. The van der Waals surface area contributed by atoms with Gasteiger partial charge in [0.15, 0.2) is 0 Å². The van der Waals surface area contributed by atoms with Gasteiger partial charge in [-0.1, -0.05) is 18.2 Å². The number of para-hydroxylation sites is 1. The zero-order chi connectivity index (χ0) is 14.8. The highest BCUT2D eigenvalue weighted by atomic mass is 19.1. The van der Waals surface area contributed by atoms with Gasteiger partial charge in [0.25, 0.3) is 0 Å². The van der Waals surface area contributed by atoms with Crippen molar-refractivity contribution in [2.75, 3.05) is 5.32 Å². The van der Waals surface area contributed by atoms with Crippen LogP contribution in [-0.4, -0.2) is 4.98 Å². The van der Waals surface area contributed by atoms with Gasteiger partial charge in [-0.3, -0.25) is 4.98 Å². The van der Waals surface area contributed by atoms with Gasteiger partial charge in [0.05, 0.1) is 17.4 Å². The average Bonchev–Trinajstić information content (AvgIpc) is 2.46. The quantitative estimate of drug-likeness (QED) is 0.755. The molecule has 0 aliphatic heterocycles. The summed E-state index contributed by atoms with van der Waals surface area (Å²) in [5.41, 5.74) is 2.28. The first kappa shape index (κ1) is 13.5. The Balaban J connectivity index is 1.86. The zero-order valence-corrected chi connectivity index (χ0v) is 11.5. The van der Waals surface area contributed by atoms with E-state index in [2.05, 4.69) is 10.3 Å². The Kier molecular flexibility index (Phi) is 3.52. The third kappa shape index (κ3) is 2.99. The molecule has 1 N–H and O–H groups in total. The fourth-order valence-corrected chi connectivity index (χ4v) is 2.31. The van der Waals surface area contributed by atoms with Crippen molar-refractivity contribution in [2.45, 2.75) is 13.0 Å². The number of anilines is 1. The number of halogens is 2. The maximum atomic E-state index is 13.3. The molecule has 4 heteroatoms. The first-order valence-electron chi connectivity index (χ1n) is 6.69. The lowest BCUT2D eigenvalue weighted by atomic mass is 10.1. The van der Waals surface area contributed by atoms with Crippen molar-refractivity contribution >= 4 is 16.6 Å². The molecule has 0 saturated heterocycles. The van der Waals surface area contributed by atoms with Gasteiger partial charge in [0.2, 0.25) is 0 Å². The van der Waals surface area contributed by atoms with E-state index in [0.717, 1.165) is 22.7 Å². The Hall–Kier alpha value is -2.49. The molecule has 0 amide bonds. The van der Waals surface area contributed by atoms with E-state index < -0.39 is 11.6 Å². The minimum absolute atomic E-state index is 0.224. The second-order valence-corrected chi connectivity index (χ2v) is 4.99. The summed E-state index contributed by atoms with van der Waals surface area (Å²) in [7, 11) is 0. The smallest absolute Gasteiger partial charge is 0.126 e. The largest absolute Gasteiger partial charge is 0.377 e. The van der Waals surface area contributed by atoms with Crippen LogP contribution in [0.3, 0.4) is 0 Å². The predicted octanol–water partition coefficient (Wildman–Crippen LogP) is 4.69. The topological polar surface area (TPSA) is 24.9 Å². The van der Waals surface area contributed by atoms with Gasteiger partial charge in [-0.05, 0) is 36.8 Å². The molecule has 2 aromatic carbocycles. The van der Waals surface area contributed by atoms with Crippen LogP contribution in [0, 0.1) is 11.6 Å². The zero-order valence-electron chi connectivity index (χ0n) is 11.5. The van der Waals surface area contributed by atoms with Crippen LogP contribution in [0.2, 0.25) is 0 Å². The summed E-state index contributed by atoms with van der Waals surface area (Å²) >= 11 is 0. The highest BCUT2D eigenvalue weighted by Crippen LogP contribution is 2.23. The summed E-state index contributed by atoms with van der Waals surface area (Å²) in [6, 6.07) is 13.1. The first-order valence-corrected chi connectivity index (χ1v) is 6.69. The van der Waals surface area contributed by atoms with Gasteiger partial charge < -0.3 is 5.32 Å². The van der Waals surface area contributed by atoms with Gasteiger partial charge in [-0.2, -0.15) is 0 Å². The number of rotatable bonds is 3. The number of nitrogens with zero attached hydrogens (tertiary/aromatic N) is 1. The van der Waals surface area contributed by atoms with Crippen LogP contribution in [0.5, 0.6) is 0 Å². The maximum Gasteiger partial charge on any atom is 0.126 e. The molecular formula is C17H14F2N2. The van der Waals surface area contributed by atoms with Crippen LogP contribution < -0.4 is 5.32 Å². The normalized spacial score (nSPS) is 12.3. The van der Waals surface area contributed by atoms with Crippen molar-refractivity contribution in [3.05, 3.63) is 71.9 Å². The van der Waals surface area contributed by atoms with Gasteiger partial charge in [-0.25, -0.2) is 8.78 Å². The summed E-state index contributed by atoms with van der Waals surface area (Å²) in [4.78, 5) is 4.35. The third-order valence-electron chi connectivity index (χ3n) is 3.36. The second-order valence-electron chi connectivity index (χ2n) is 4.99. The Labute approximate surface area is 121 Å². The van der Waals surface area contributed by atoms with Gasteiger partial charge >= 0.3 is 0 Å². The molecule has 1 aromatic heterocycles. The molecule has 1 heterocycles. The molecule has 21 heavy (non-hydrogen) atoms. The molecule has 3 aromatic rings. The lowest BCUT2D eigenvalue weighted by molar-refractivity contribution is 0.577. The molecule has 0 spiro atoms. The summed E-state index contributed by atoms with van der Waals surface area (Å²) in [5, 5.41) is 4.22. The number of pyridine rings is 1. The van der Waals surface area contributed by atoms with Crippen LogP contribution in [0.4, 0.5) is 14.5 Å². The molecule has 0 bridgehead atoms. The van der Waals surface area contributed by atoms with Crippen LogP contribution in [0.15, 0.2) is 54.7 Å². The van der Waals surface area contributed by atoms with E-state index in [9.17, 15) is 8.78 Å². The summed E-state index contributed by atoms with van der Waals surface area (Å²) in [6.07, 6.45) is 1.72. The summed E-state index contributed by atoms with van der Waals surface area (Å²) in [6.45, 7) is 1.85. The summed E-state index contributed by atoms with van der Waals surface area (Å²) < 4.78 is 26.5. The average molecular weight is 284 g/mol. The molecule has 1 unspecified atom stereocenters. The third-order valence-corrected chi connectivity index (χ3v) is 3.36. The lowest BCUT2D eigenvalue weighted by Gasteiger charge is -2.16. The Morgan fingerprint density at radius 3 is 2.48 bits per heavy atom. The standard InChI is InChI=1S/C17H14F2N2/c1-11(13-6-14(18)9-15(19)7-13)21-16-8-12-4-2-3-5-17(12)20-10-16/h2-11,21H,1H3. The van der Waals surface area contributed by atoms with E-state index in [0.29, 0.717) is 5.56 Å².